The van der Waals surface area contributed by atoms with Crippen LogP contribution in [0.15, 0.2) is 0 Å². The number of carbonyl (C=O) groups excluding carboxylic acids is 1. The van der Waals surface area contributed by atoms with Crippen LogP contribution in [0.3, 0.4) is 0 Å². The zero-order valence-electron chi connectivity index (χ0n) is 10.6. The molecule has 0 amide bonds. The molecule has 0 aromatic carbocycles. The second kappa shape index (κ2) is 8.41. The Bertz CT molecular complexity index is 477. The van der Waals surface area contributed by atoms with E-state index in [0.717, 1.165) is 0 Å². The highest BCUT2D eigenvalue weighted by Crippen LogP contribution is 2.37. The van der Waals surface area contributed by atoms with Crippen molar-refractivity contribution >= 4 is 27.5 Å². The van der Waals surface area contributed by atoms with Crippen LogP contribution >= 0.6 is 15.6 Å². The summed E-state index contributed by atoms with van der Waals surface area (Å²) >= 11 is 0. The minimum atomic E-state index is -5.06. The van der Waals surface area contributed by atoms with Crippen molar-refractivity contribution in [2.24, 2.45) is 5.73 Å². The van der Waals surface area contributed by atoms with Gasteiger partial charge in [-0.05, 0) is 0 Å². The van der Waals surface area contributed by atoms with Crippen molar-refractivity contribution < 1.29 is 53.5 Å². The van der Waals surface area contributed by atoms with E-state index in [2.05, 4.69) is 19.8 Å². The molecule has 0 aliphatic heterocycles. The molecule has 13 nitrogen and oxygen atoms in total. The van der Waals surface area contributed by atoms with Crippen molar-refractivity contribution in [1.82, 2.24) is 5.09 Å². The van der Waals surface area contributed by atoms with Gasteiger partial charge < -0.3 is 43.9 Å². The molecule has 0 spiro atoms. The summed E-state index contributed by atoms with van der Waals surface area (Å²) in [7, 11) is -9.82. The molecule has 0 aromatic rings. The fourth-order valence-electron chi connectivity index (χ4n) is 0.817. The molecule has 0 radical (unpaired) electrons. The minimum absolute atomic E-state index is 0.275. The van der Waals surface area contributed by atoms with E-state index in [-0.39, 0.29) is 6.54 Å². The van der Waals surface area contributed by atoms with Crippen LogP contribution in [0.4, 0.5) is 0 Å². The number of nitrogens with one attached hydrogen (secondary N) is 2. The van der Waals surface area contributed by atoms with Crippen LogP contribution in [0, 0.1) is 0 Å². The maximum Gasteiger partial charge on any atom is 0.344 e. The quantitative estimate of drug-likeness (QED) is 0.132. The van der Waals surface area contributed by atoms with Gasteiger partial charge >= 0.3 is 5.96 Å². The first-order chi connectivity index (χ1) is 9.43. The number of carboxylic acid groups (broad SMARTS) is 1. The Labute approximate surface area is 118 Å². The number of carbonyl (C=O) groups is 1. The Balaban J connectivity index is 4.10. The van der Waals surface area contributed by atoms with Crippen LogP contribution in [0.25, 0.3) is 0 Å². The Morgan fingerprint density at radius 2 is 1.90 bits per heavy atom. The number of quaternary nitrogens is 1. The summed E-state index contributed by atoms with van der Waals surface area (Å²) in [6.07, 6.45) is 0. The number of aliphatic carboxylic acids is 1. The fourth-order valence-corrected chi connectivity index (χ4v) is 1.94. The van der Waals surface area contributed by atoms with Crippen LogP contribution in [0.1, 0.15) is 0 Å². The van der Waals surface area contributed by atoms with E-state index >= 15 is 0 Å². The van der Waals surface area contributed by atoms with E-state index in [9.17, 15) is 33.7 Å². The molecule has 0 rings (SSSR count). The highest BCUT2D eigenvalue weighted by Gasteiger charge is 2.15. The van der Waals surface area contributed by atoms with Gasteiger partial charge in [-0.2, -0.15) is 0 Å². The second-order valence-electron chi connectivity index (χ2n) is 3.54. The molecule has 0 saturated heterocycles. The first kappa shape index (κ1) is 20.0. The van der Waals surface area contributed by atoms with Gasteiger partial charge in [0.1, 0.15) is 18.6 Å². The van der Waals surface area contributed by atoms with Crippen LogP contribution in [-0.4, -0.2) is 37.7 Å². The smallest absolute Gasteiger partial charge is 0.344 e. The van der Waals surface area contributed by atoms with E-state index < -0.39 is 46.8 Å². The van der Waals surface area contributed by atoms with Crippen LogP contribution in [0.5, 0.6) is 0 Å². The molecule has 0 heterocycles. The molecule has 0 bridgehead atoms. The second-order valence-corrected chi connectivity index (χ2v) is 6.17. The molecule has 0 saturated carbocycles. The van der Waals surface area contributed by atoms with Crippen LogP contribution in [-0.2, 0) is 23.0 Å². The highest BCUT2D eigenvalue weighted by atomic mass is 31.2. The lowest BCUT2D eigenvalue weighted by Crippen LogP contribution is -2.79. The predicted molar refractivity (Wildman–Crippen MR) is 57.0 cm³/mol. The Morgan fingerprint density at radius 3 is 2.38 bits per heavy atom. The molecular weight excluding hydrogens is 334 g/mol. The SMILES string of the molecule is NC(NP(=O)([O-])[O-])=[NH+]CCOP(=O)([O-])OC[C@@H]([NH3+])C(=O)[O-]. The molecule has 15 heteroatoms. The largest absolute Gasteiger partial charge is 0.783 e. The molecule has 0 fully saturated rings. The zero-order valence-corrected chi connectivity index (χ0v) is 12.3. The first-order valence-corrected chi connectivity index (χ1v) is 8.24. The van der Waals surface area contributed by atoms with Crippen molar-refractivity contribution in [3.05, 3.63) is 0 Å². The van der Waals surface area contributed by atoms with Crippen molar-refractivity contribution in [2.45, 2.75) is 6.04 Å². The van der Waals surface area contributed by atoms with E-state index in [1.807, 2.05) is 0 Å². The lowest BCUT2D eigenvalue weighted by molar-refractivity contribution is -0.463. The molecule has 124 valence electrons. The molecule has 2 atom stereocenters. The minimum Gasteiger partial charge on any atom is -0.783 e. The normalized spacial score (nSPS) is 17.0. The van der Waals surface area contributed by atoms with Gasteiger partial charge in [-0.15, -0.1) is 0 Å². The Kier molecular flexibility index (Phi) is 8.00. The summed E-state index contributed by atoms with van der Waals surface area (Å²) in [5, 5.41) is 11.7. The molecule has 1 unspecified atom stereocenters. The van der Waals surface area contributed by atoms with Gasteiger partial charge in [0.25, 0.3) is 7.82 Å². The van der Waals surface area contributed by atoms with Gasteiger partial charge in [0.2, 0.25) is 0 Å². The van der Waals surface area contributed by atoms with Gasteiger partial charge in [0.05, 0.1) is 20.9 Å². The Morgan fingerprint density at radius 1 is 1.33 bits per heavy atom. The van der Waals surface area contributed by atoms with E-state index in [1.54, 1.807) is 0 Å². The zero-order chi connectivity index (χ0) is 16.7. The van der Waals surface area contributed by atoms with Gasteiger partial charge in [0, 0.05) is 0 Å². The topological polar surface area (TPSA) is 242 Å². The summed E-state index contributed by atoms with van der Waals surface area (Å²) in [6.45, 7) is -1.55. The van der Waals surface area contributed by atoms with Crippen molar-refractivity contribution in [2.75, 3.05) is 19.8 Å². The molecule has 0 aliphatic carbocycles. The number of guanidine groups is 1. The number of nitrogens with two attached hydrogens (primary N) is 1. The number of hydrogen-bond donors (Lipinski definition) is 4. The Hall–Kier alpha value is -1.04. The average molecular weight is 348 g/mol. The van der Waals surface area contributed by atoms with E-state index in [1.165, 1.54) is 5.09 Å². The van der Waals surface area contributed by atoms with Crippen molar-refractivity contribution in [1.29, 1.82) is 0 Å². The first-order valence-electron chi connectivity index (χ1n) is 5.23. The molecule has 7 N–H and O–H groups in total. The van der Waals surface area contributed by atoms with E-state index in [4.69, 9.17) is 5.73 Å². The monoisotopic (exact) mass is 348 g/mol. The summed E-state index contributed by atoms with van der Waals surface area (Å²) in [5.41, 5.74) is 8.11. The van der Waals surface area contributed by atoms with Gasteiger partial charge in [-0.25, -0.2) is 0 Å². The number of phosphoric acid groups is 1. The van der Waals surface area contributed by atoms with Crippen molar-refractivity contribution in [3.63, 3.8) is 0 Å². The third-order valence-corrected chi connectivity index (χ3v) is 3.17. The lowest BCUT2D eigenvalue weighted by Gasteiger charge is -2.25. The maximum absolute atomic E-state index is 11.1. The highest BCUT2D eigenvalue weighted by molar-refractivity contribution is 7.47. The fraction of sp³-hybridized carbons (Fsp3) is 0.667. The average Bonchev–Trinajstić information content (AvgIpc) is 2.29. The molecular formula is C6H14N4O9P2-2. The number of rotatable bonds is 9. The molecule has 0 aliphatic rings. The third-order valence-electron chi connectivity index (χ3n) is 1.69. The van der Waals surface area contributed by atoms with E-state index in [0.29, 0.717) is 0 Å². The summed E-state index contributed by atoms with van der Waals surface area (Å²) in [5.74, 6) is -2.20. The van der Waals surface area contributed by atoms with Crippen LogP contribution in [0.2, 0.25) is 0 Å². The van der Waals surface area contributed by atoms with Gasteiger partial charge in [0.15, 0.2) is 0 Å². The number of phosphoric ester groups is 1. The molecule has 21 heavy (non-hydrogen) atoms. The third kappa shape index (κ3) is 11.3. The summed E-state index contributed by atoms with van der Waals surface area (Å²) < 4.78 is 29.9. The number of hydrogen-bond acceptors (Lipinski definition) is 9. The lowest BCUT2D eigenvalue weighted by atomic mass is 10.3. The maximum atomic E-state index is 11.1. The molecule has 0 aromatic heterocycles. The van der Waals surface area contributed by atoms with Crippen molar-refractivity contribution in [3.8, 4) is 0 Å². The summed E-state index contributed by atoms with van der Waals surface area (Å²) in [6, 6.07) is -1.40. The standard InChI is InChI=1S/C6H16N4O9P2/c7-4(5(11)12)3-19-21(16,17)18-2-1-9-6(8)10-20(13,14)15/h4H,1-3,7H2,(H,11,12)(H,16,17)(H5,8,9,10,13,14,15)/p-2/t4-/m1/s1. The van der Waals surface area contributed by atoms with Crippen LogP contribution < -0.4 is 41.3 Å². The van der Waals surface area contributed by atoms with Gasteiger partial charge in [-0.3, -0.25) is 20.4 Å². The van der Waals surface area contributed by atoms with Gasteiger partial charge in [-0.1, -0.05) is 0 Å². The number of carboxylic acids is 1. The predicted octanol–water partition coefficient (Wildman–Crippen LogP) is -8.34. The summed E-state index contributed by atoms with van der Waals surface area (Å²) in [4.78, 5) is 44.1.